The Labute approximate surface area is 229 Å². The Balaban J connectivity index is 2.23. The van der Waals surface area contributed by atoms with E-state index >= 15 is 0 Å². The van der Waals surface area contributed by atoms with Crippen LogP contribution in [0.4, 0.5) is 5.69 Å². The summed E-state index contributed by atoms with van der Waals surface area (Å²) in [6.45, 7) is 4.00. The van der Waals surface area contributed by atoms with Crippen molar-refractivity contribution < 1.29 is 52.5 Å². The van der Waals surface area contributed by atoms with Gasteiger partial charge in [0, 0.05) is 56.3 Å². The molecule has 2 rings (SSSR count). The number of anilines is 1. The van der Waals surface area contributed by atoms with Gasteiger partial charge in [-0.05, 0) is 24.6 Å². The molecule has 0 heterocycles. The number of hydrogen-bond donors (Lipinski definition) is 2. The van der Waals surface area contributed by atoms with Gasteiger partial charge in [-0.15, -0.1) is 0 Å². The molecule has 13 nitrogen and oxygen atoms in total. The van der Waals surface area contributed by atoms with Crippen LogP contribution in [-0.2, 0) is 47.7 Å². The second-order valence-corrected chi connectivity index (χ2v) is 9.40. The number of rotatable bonds is 10. The van der Waals surface area contributed by atoms with Crippen LogP contribution >= 0.6 is 11.6 Å². The predicted molar refractivity (Wildman–Crippen MR) is 134 cm³/mol. The number of nitrogens with two attached hydrogens (primary N) is 2. The monoisotopic (exact) mass is 570 g/mol. The van der Waals surface area contributed by atoms with Crippen molar-refractivity contribution in [3.63, 3.8) is 0 Å². The molecular formula is C25H31ClN2O11. The summed E-state index contributed by atoms with van der Waals surface area (Å²) < 4.78 is 26.6. The summed E-state index contributed by atoms with van der Waals surface area (Å²) in [5.74, 6) is -5.39. The largest absolute Gasteiger partial charge is 0.464 e. The van der Waals surface area contributed by atoms with Crippen LogP contribution in [-0.4, -0.2) is 72.7 Å². The van der Waals surface area contributed by atoms with E-state index < -0.39 is 85.0 Å². The van der Waals surface area contributed by atoms with Gasteiger partial charge in [0.1, 0.15) is 18.2 Å². The van der Waals surface area contributed by atoms with E-state index in [9.17, 15) is 28.8 Å². The molecule has 1 aromatic rings. The molecule has 1 aliphatic rings. The summed E-state index contributed by atoms with van der Waals surface area (Å²) in [6, 6.07) is 2.90. The molecular weight excluding hydrogens is 540 g/mol. The molecule has 0 aliphatic heterocycles. The third kappa shape index (κ3) is 9.21. The molecule has 0 bridgehead atoms. The SMILES string of the molecule is CC(=O)O[C@H]1[C@H](OC(C)=O)[C@@H](COC(=O)C(N)CC(=O)c2ccc(Cl)cc2N)C[C@@H](OC(C)=O)[C@@H]1OC(C)=O. The lowest BCUT2D eigenvalue weighted by atomic mass is 9.80. The van der Waals surface area contributed by atoms with Gasteiger partial charge >= 0.3 is 29.8 Å². The molecule has 1 aliphatic carbocycles. The maximum absolute atomic E-state index is 12.6. The van der Waals surface area contributed by atoms with Gasteiger partial charge in [-0.1, -0.05) is 11.6 Å². The third-order valence-corrected chi connectivity index (χ3v) is 5.93. The topological polar surface area (TPSA) is 201 Å². The van der Waals surface area contributed by atoms with Crippen molar-refractivity contribution in [1.82, 2.24) is 0 Å². The fourth-order valence-corrected chi connectivity index (χ4v) is 4.40. The minimum Gasteiger partial charge on any atom is -0.464 e. The Bertz CT molecular complexity index is 1130. The molecule has 39 heavy (non-hydrogen) atoms. The molecule has 214 valence electrons. The van der Waals surface area contributed by atoms with Gasteiger partial charge in [0.25, 0.3) is 0 Å². The number of carbonyl (C=O) groups excluding carboxylic acids is 6. The number of ether oxygens (including phenoxy) is 5. The second-order valence-electron chi connectivity index (χ2n) is 8.96. The number of esters is 5. The first kappa shape index (κ1) is 31.5. The number of carbonyl (C=O) groups is 6. The first-order valence-corrected chi connectivity index (χ1v) is 12.3. The zero-order valence-corrected chi connectivity index (χ0v) is 22.6. The van der Waals surface area contributed by atoms with Crippen LogP contribution in [0.15, 0.2) is 18.2 Å². The number of Topliss-reactive ketones (excluding diaryl/α,β-unsaturated/α-hetero) is 1. The number of nitrogen functional groups attached to an aromatic ring is 1. The maximum Gasteiger partial charge on any atom is 0.323 e. The average molecular weight is 571 g/mol. The summed E-state index contributed by atoms with van der Waals surface area (Å²) in [5.41, 5.74) is 12.0. The van der Waals surface area contributed by atoms with E-state index in [1.54, 1.807) is 0 Å². The van der Waals surface area contributed by atoms with E-state index in [0.717, 1.165) is 27.7 Å². The molecule has 14 heteroatoms. The Morgan fingerprint density at radius 2 is 1.41 bits per heavy atom. The van der Waals surface area contributed by atoms with Crippen LogP contribution in [0.3, 0.4) is 0 Å². The molecule has 1 unspecified atom stereocenters. The van der Waals surface area contributed by atoms with Gasteiger partial charge in [0.05, 0.1) is 6.61 Å². The first-order valence-electron chi connectivity index (χ1n) is 11.9. The van der Waals surface area contributed by atoms with Crippen LogP contribution in [0.5, 0.6) is 0 Å². The van der Waals surface area contributed by atoms with Crippen molar-refractivity contribution in [2.24, 2.45) is 11.7 Å². The smallest absolute Gasteiger partial charge is 0.323 e. The summed E-state index contributed by atoms with van der Waals surface area (Å²) in [7, 11) is 0. The molecule has 0 saturated heterocycles. The quantitative estimate of drug-likeness (QED) is 0.175. The molecule has 0 radical (unpaired) electrons. The minimum atomic E-state index is -1.39. The fourth-order valence-electron chi connectivity index (χ4n) is 4.22. The molecule has 6 atom stereocenters. The van der Waals surface area contributed by atoms with Crippen molar-refractivity contribution in [1.29, 1.82) is 0 Å². The molecule has 0 amide bonds. The zero-order chi connectivity index (χ0) is 29.4. The second kappa shape index (κ2) is 13.9. The molecule has 1 fully saturated rings. The van der Waals surface area contributed by atoms with Crippen molar-refractivity contribution in [2.45, 2.75) is 71.0 Å². The summed E-state index contributed by atoms with van der Waals surface area (Å²) in [4.78, 5) is 72.5. The lowest BCUT2D eigenvalue weighted by molar-refractivity contribution is -0.221. The van der Waals surface area contributed by atoms with Crippen LogP contribution < -0.4 is 11.5 Å². The highest BCUT2D eigenvalue weighted by Crippen LogP contribution is 2.34. The fraction of sp³-hybridized carbons (Fsp3) is 0.520. The molecule has 0 aromatic heterocycles. The van der Waals surface area contributed by atoms with E-state index in [4.69, 9.17) is 46.8 Å². The third-order valence-electron chi connectivity index (χ3n) is 5.70. The number of benzene rings is 1. The summed E-state index contributed by atoms with van der Waals surface area (Å²) >= 11 is 5.84. The normalized spacial score (nSPS) is 23.1. The molecule has 1 aromatic carbocycles. The van der Waals surface area contributed by atoms with Crippen molar-refractivity contribution in [2.75, 3.05) is 12.3 Å². The Hall–Kier alpha value is -3.71. The Kier molecular flexibility index (Phi) is 11.2. The number of halogens is 1. The van der Waals surface area contributed by atoms with Gasteiger partial charge in [0.15, 0.2) is 18.0 Å². The highest BCUT2D eigenvalue weighted by Gasteiger charge is 2.52. The van der Waals surface area contributed by atoms with Crippen molar-refractivity contribution >= 4 is 52.9 Å². The maximum atomic E-state index is 12.6. The number of hydrogen-bond acceptors (Lipinski definition) is 13. The average Bonchev–Trinajstić information content (AvgIpc) is 2.80. The molecule has 0 spiro atoms. The standard InChI is InChI=1S/C25H31ClN2O11/c1-11(29)36-21-7-15(22(37-12(2)30)24(39-14(4)32)23(21)38-13(3)31)10-35-25(34)19(28)9-20(33)17-6-5-16(26)8-18(17)27/h5-6,8,15,19,21-24H,7,9-10,27-28H2,1-4H3/t15-,19?,21-,22-,23+,24+/m1/s1. The van der Waals surface area contributed by atoms with Crippen molar-refractivity contribution in [3.8, 4) is 0 Å². The van der Waals surface area contributed by atoms with Crippen LogP contribution in [0.2, 0.25) is 5.02 Å². The van der Waals surface area contributed by atoms with Gasteiger partial charge in [0.2, 0.25) is 0 Å². The lowest BCUT2D eigenvalue weighted by Gasteiger charge is -2.43. The molecule has 1 saturated carbocycles. The number of ketones is 1. The van der Waals surface area contributed by atoms with E-state index in [2.05, 4.69) is 0 Å². The summed E-state index contributed by atoms with van der Waals surface area (Å²) in [6.07, 6.45) is -5.60. The van der Waals surface area contributed by atoms with E-state index in [1.165, 1.54) is 18.2 Å². The Morgan fingerprint density at radius 1 is 0.872 bits per heavy atom. The highest BCUT2D eigenvalue weighted by atomic mass is 35.5. The predicted octanol–water partition coefficient (Wildman–Crippen LogP) is 1.11. The van der Waals surface area contributed by atoms with Gasteiger partial charge in [-0.2, -0.15) is 0 Å². The Morgan fingerprint density at radius 3 is 1.95 bits per heavy atom. The van der Waals surface area contributed by atoms with Crippen molar-refractivity contribution in [3.05, 3.63) is 28.8 Å². The van der Waals surface area contributed by atoms with Crippen LogP contribution in [0.1, 0.15) is 50.9 Å². The lowest BCUT2D eigenvalue weighted by Crippen LogP contribution is -2.59. The van der Waals surface area contributed by atoms with E-state index in [-0.39, 0.29) is 17.7 Å². The zero-order valence-electron chi connectivity index (χ0n) is 21.8. The first-order chi connectivity index (χ1) is 18.2. The van der Waals surface area contributed by atoms with E-state index in [1.807, 2.05) is 0 Å². The van der Waals surface area contributed by atoms with Crippen LogP contribution in [0.25, 0.3) is 0 Å². The highest BCUT2D eigenvalue weighted by molar-refractivity contribution is 6.31. The minimum absolute atomic E-state index is 0.101. The summed E-state index contributed by atoms with van der Waals surface area (Å²) in [5, 5.41) is 0.331. The van der Waals surface area contributed by atoms with Gasteiger partial charge in [-0.3, -0.25) is 28.8 Å². The van der Waals surface area contributed by atoms with Crippen LogP contribution in [0, 0.1) is 5.92 Å². The van der Waals surface area contributed by atoms with Gasteiger partial charge < -0.3 is 35.2 Å². The molecule has 4 N–H and O–H groups in total. The van der Waals surface area contributed by atoms with E-state index in [0.29, 0.717) is 5.02 Å². The van der Waals surface area contributed by atoms with Gasteiger partial charge in [-0.25, -0.2) is 0 Å².